The number of pyridine rings is 1. The summed E-state index contributed by atoms with van der Waals surface area (Å²) in [6.07, 6.45) is 1.48. The first kappa shape index (κ1) is 19.3. The predicted molar refractivity (Wildman–Crippen MR) is 109 cm³/mol. The lowest BCUT2D eigenvalue weighted by Gasteiger charge is -2.14. The van der Waals surface area contributed by atoms with Crippen molar-refractivity contribution in [2.45, 2.75) is 26.4 Å². The van der Waals surface area contributed by atoms with Crippen molar-refractivity contribution < 1.29 is 9.59 Å². The zero-order chi connectivity index (χ0) is 19.9. The maximum atomic E-state index is 12.5. The van der Waals surface area contributed by atoms with Gasteiger partial charge >= 0.3 is 0 Å². The van der Waals surface area contributed by atoms with Crippen LogP contribution in [0.1, 0.15) is 50.5 Å². The highest BCUT2D eigenvalue weighted by molar-refractivity contribution is 5.98. The molecule has 3 aromatic rings. The smallest absolute Gasteiger partial charge is 0.270 e. The number of aromatic nitrogens is 1. The molecule has 0 spiro atoms. The molecule has 0 aliphatic carbocycles. The van der Waals surface area contributed by atoms with Gasteiger partial charge in [0.15, 0.2) is 0 Å². The van der Waals surface area contributed by atoms with E-state index in [0.717, 1.165) is 16.7 Å². The number of aryl methyl sites for hydroxylation is 1. The van der Waals surface area contributed by atoms with Gasteiger partial charge in [0.1, 0.15) is 5.69 Å². The average Bonchev–Trinajstić information content (AvgIpc) is 2.72. The van der Waals surface area contributed by atoms with Gasteiger partial charge in [-0.1, -0.05) is 60.2 Å². The van der Waals surface area contributed by atoms with Crippen LogP contribution in [-0.2, 0) is 6.54 Å². The molecule has 5 nitrogen and oxygen atoms in total. The second-order valence-electron chi connectivity index (χ2n) is 6.71. The fourth-order valence-electron chi connectivity index (χ4n) is 2.90. The number of carbonyl (C=O) groups is 2. The van der Waals surface area contributed by atoms with Crippen LogP contribution >= 0.6 is 0 Å². The quantitative estimate of drug-likeness (QED) is 0.690. The maximum absolute atomic E-state index is 12.5. The van der Waals surface area contributed by atoms with Crippen LogP contribution in [0.5, 0.6) is 0 Å². The summed E-state index contributed by atoms with van der Waals surface area (Å²) in [6, 6.07) is 20.6. The number of hydrogen-bond donors (Lipinski definition) is 2. The van der Waals surface area contributed by atoms with Crippen LogP contribution in [0, 0.1) is 6.92 Å². The van der Waals surface area contributed by atoms with E-state index in [0.29, 0.717) is 12.1 Å². The molecule has 0 saturated carbocycles. The number of amides is 2. The molecule has 1 aromatic heterocycles. The number of benzene rings is 2. The lowest BCUT2D eigenvalue weighted by molar-refractivity contribution is 0.0935. The van der Waals surface area contributed by atoms with E-state index < -0.39 is 0 Å². The van der Waals surface area contributed by atoms with E-state index >= 15 is 0 Å². The summed E-state index contributed by atoms with van der Waals surface area (Å²) in [6.45, 7) is 4.34. The largest absolute Gasteiger partial charge is 0.348 e. The molecule has 1 atom stereocenters. The van der Waals surface area contributed by atoms with Gasteiger partial charge in [-0.05, 0) is 37.1 Å². The minimum atomic E-state index is -0.315. The molecule has 2 aromatic carbocycles. The van der Waals surface area contributed by atoms with Crippen LogP contribution in [0.15, 0.2) is 72.9 Å². The zero-order valence-electron chi connectivity index (χ0n) is 16.0. The molecule has 0 saturated heterocycles. The van der Waals surface area contributed by atoms with E-state index in [-0.39, 0.29) is 23.6 Å². The molecule has 2 amide bonds. The highest BCUT2D eigenvalue weighted by Gasteiger charge is 2.14. The summed E-state index contributed by atoms with van der Waals surface area (Å²) in [5, 5.41) is 5.79. The van der Waals surface area contributed by atoms with Crippen LogP contribution in [0.4, 0.5) is 0 Å². The molecule has 0 fully saturated rings. The van der Waals surface area contributed by atoms with Crippen molar-refractivity contribution in [3.05, 3.63) is 101 Å². The molecule has 142 valence electrons. The van der Waals surface area contributed by atoms with Crippen molar-refractivity contribution in [2.75, 3.05) is 0 Å². The van der Waals surface area contributed by atoms with Gasteiger partial charge in [0, 0.05) is 18.3 Å². The molecule has 2 N–H and O–H groups in total. The fourth-order valence-corrected chi connectivity index (χ4v) is 2.90. The highest BCUT2D eigenvalue weighted by atomic mass is 16.2. The maximum Gasteiger partial charge on any atom is 0.270 e. The molecule has 1 heterocycles. The van der Waals surface area contributed by atoms with Crippen LogP contribution < -0.4 is 10.6 Å². The SMILES string of the molecule is Cc1cccc(CNC(=O)c2ccnc(C(=O)NC(C)c3ccccc3)c2)c1. The van der Waals surface area contributed by atoms with E-state index in [9.17, 15) is 9.59 Å². The zero-order valence-corrected chi connectivity index (χ0v) is 16.0. The second-order valence-corrected chi connectivity index (χ2v) is 6.71. The third-order valence-electron chi connectivity index (χ3n) is 4.44. The van der Waals surface area contributed by atoms with Crippen LogP contribution in [0.2, 0.25) is 0 Å². The van der Waals surface area contributed by atoms with Gasteiger partial charge in [0.05, 0.1) is 6.04 Å². The minimum absolute atomic E-state index is 0.158. The molecule has 28 heavy (non-hydrogen) atoms. The summed E-state index contributed by atoms with van der Waals surface area (Å²) in [5.74, 6) is -0.557. The summed E-state index contributed by atoms with van der Waals surface area (Å²) in [5.41, 5.74) is 3.79. The summed E-state index contributed by atoms with van der Waals surface area (Å²) in [7, 11) is 0. The molecule has 0 aliphatic rings. The lowest BCUT2D eigenvalue weighted by Crippen LogP contribution is -2.28. The fraction of sp³-hybridized carbons (Fsp3) is 0.174. The lowest BCUT2D eigenvalue weighted by atomic mass is 10.1. The Labute approximate surface area is 164 Å². The predicted octanol–water partition coefficient (Wildman–Crippen LogP) is 3.81. The number of rotatable bonds is 6. The van der Waals surface area contributed by atoms with Crippen LogP contribution in [-0.4, -0.2) is 16.8 Å². The standard InChI is InChI=1S/C23H23N3O2/c1-16-7-6-8-18(13-16)15-25-22(27)20-11-12-24-21(14-20)23(28)26-17(2)19-9-4-3-5-10-19/h3-14,17H,15H2,1-2H3,(H,25,27)(H,26,28). The Bertz CT molecular complexity index is 970. The Hall–Kier alpha value is -3.47. The van der Waals surface area contributed by atoms with Gasteiger partial charge in [-0.2, -0.15) is 0 Å². The van der Waals surface area contributed by atoms with Gasteiger partial charge in [-0.25, -0.2) is 0 Å². The van der Waals surface area contributed by atoms with Crippen molar-refractivity contribution in [3.8, 4) is 0 Å². The third-order valence-corrected chi connectivity index (χ3v) is 4.44. The van der Waals surface area contributed by atoms with Gasteiger partial charge in [-0.15, -0.1) is 0 Å². The van der Waals surface area contributed by atoms with Gasteiger partial charge in [0.2, 0.25) is 0 Å². The van der Waals surface area contributed by atoms with Crippen molar-refractivity contribution >= 4 is 11.8 Å². The molecule has 3 rings (SSSR count). The Kier molecular flexibility index (Phi) is 6.17. The Morgan fingerprint density at radius 3 is 2.50 bits per heavy atom. The summed E-state index contributed by atoms with van der Waals surface area (Å²) in [4.78, 5) is 29.1. The first-order valence-corrected chi connectivity index (χ1v) is 9.18. The molecule has 0 aliphatic heterocycles. The van der Waals surface area contributed by atoms with Crippen LogP contribution in [0.3, 0.4) is 0 Å². The number of nitrogens with zero attached hydrogens (tertiary/aromatic N) is 1. The first-order chi connectivity index (χ1) is 13.5. The third kappa shape index (κ3) is 5.04. The Morgan fingerprint density at radius 1 is 0.964 bits per heavy atom. The van der Waals surface area contributed by atoms with E-state index in [1.54, 1.807) is 6.07 Å². The van der Waals surface area contributed by atoms with Gasteiger partial charge in [0.25, 0.3) is 11.8 Å². The molecular formula is C23H23N3O2. The summed E-state index contributed by atoms with van der Waals surface area (Å²) < 4.78 is 0. The Morgan fingerprint density at radius 2 is 1.75 bits per heavy atom. The number of hydrogen-bond acceptors (Lipinski definition) is 3. The normalized spacial score (nSPS) is 11.5. The first-order valence-electron chi connectivity index (χ1n) is 9.18. The van der Waals surface area contributed by atoms with E-state index in [4.69, 9.17) is 0 Å². The average molecular weight is 373 g/mol. The molecule has 0 radical (unpaired) electrons. The van der Waals surface area contributed by atoms with E-state index in [1.165, 1.54) is 12.3 Å². The molecule has 5 heteroatoms. The van der Waals surface area contributed by atoms with Crippen LogP contribution in [0.25, 0.3) is 0 Å². The van der Waals surface area contributed by atoms with Crippen molar-refractivity contribution in [2.24, 2.45) is 0 Å². The topological polar surface area (TPSA) is 71.1 Å². The monoisotopic (exact) mass is 373 g/mol. The molecular weight excluding hydrogens is 350 g/mol. The molecule has 1 unspecified atom stereocenters. The molecule has 0 bridgehead atoms. The van der Waals surface area contributed by atoms with Crippen molar-refractivity contribution in [3.63, 3.8) is 0 Å². The Balaban J connectivity index is 1.64. The van der Waals surface area contributed by atoms with E-state index in [1.807, 2.05) is 68.4 Å². The second kappa shape index (κ2) is 8.95. The minimum Gasteiger partial charge on any atom is -0.348 e. The van der Waals surface area contributed by atoms with E-state index in [2.05, 4.69) is 15.6 Å². The van der Waals surface area contributed by atoms with Crippen molar-refractivity contribution in [1.29, 1.82) is 0 Å². The highest BCUT2D eigenvalue weighted by Crippen LogP contribution is 2.12. The van der Waals surface area contributed by atoms with Gasteiger partial charge in [-0.3, -0.25) is 14.6 Å². The summed E-state index contributed by atoms with van der Waals surface area (Å²) >= 11 is 0. The van der Waals surface area contributed by atoms with Crippen molar-refractivity contribution in [1.82, 2.24) is 15.6 Å². The number of carbonyl (C=O) groups excluding carboxylic acids is 2. The van der Waals surface area contributed by atoms with Gasteiger partial charge < -0.3 is 10.6 Å². The number of nitrogens with one attached hydrogen (secondary N) is 2.